The first kappa shape index (κ1) is 12.3. The number of rotatable bonds is 3. The van der Waals surface area contributed by atoms with E-state index in [0.717, 1.165) is 10.3 Å². The smallest absolute Gasteiger partial charge is 0.0417 e. The Morgan fingerprint density at radius 2 is 2.25 bits per heavy atom. The van der Waals surface area contributed by atoms with E-state index in [4.69, 9.17) is 11.6 Å². The fourth-order valence-electron chi connectivity index (χ4n) is 2.25. The maximum absolute atomic E-state index is 5.99. The Morgan fingerprint density at radius 1 is 1.38 bits per heavy atom. The molecule has 0 bridgehead atoms. The number of hydrogen-bond donors (Lipinski definition) is 1. The summed E-state index contributed by atoms with van der Waals surface area (Å²) in [4.78, 5) is 1.30. The van der Waals surface area contributed by atoms with E-state index in [1.807, 2.05) is 23.9 Å². The predicted molar refractivity (Wildman–Crippen MR) is 72.4 cm³/mol. The molecule has 0 aliphatic heterocycles. The Hall–Kier alpha value is -0.180. The molecule has 1 saturated carbocycles. The van der Waals surface area contributed by atoms with Crippen LogP contribution in [-0.4, -0.2) is 18.3 Å². The van der Waals surface area contributed by atoms with Crippen molar-refractivity contribution < 1.29 is 0 Å². The minimum atomic E-state index is 0.699. The molecule has 0 heterocycles. The number of nitrogens with one attached hydrogen (secondary N) is 1. The minimum Gasteiger partial charge on any atom is -0.317 e. The molecular weight excluding hydrogens is 238 g/mol. The van der Waals surface area contributed by atoms with Gasteiger partial charge < -0.3 is 5.32 Å². The zero-order valence-electron chi connectivity index (χ0n) is 9.58. The van der Waals surface area contributed by atoms with Crippen molar-refractivity contribution >= 4 is 23.4 Å². The Labute approximate surface area is 107 Å². The Kier molecular flexibility index (Phi) is 4.56. The third-order valence-electron chi connectivity index (χ3n) is 3.13. The molecule has 3 heteroatoms. The lowest BCUT2D eigenvalue weighted by atomic mass is 9.95. The lowest BCUT2D eigenvalue weighted by Gasteiger charge is -2.28. The maximum atomic E-state index is 5.99. The second-order valence-electron chi connectivity index (χ2n) is 4.35. The normalized spacial score (nSPS) is 25.6. The van der Waals surface area contributed by atoms with Crippen molar-refractivity contribution in [3.05, 3.63) is 29.3 Å². The zero-order chi connectivity index (χ0) is 11.4. The summed E-state index contributed by atoms with van der Waals surface area (Å²) in [6.07, 6.45) is 5.26. The topological polar surface area (TPSA) is 12.0 Å². The third-order valence-corrected chi connectivity index (χ3v) is 4.66. The quantitative estimate of drug-likeness (QED) is 0.877. The summed E-state index contributed by atoms with van der Waals surface area (Å²) >= 11 is 7.97. The fraction of sp³-hybridized carbons (Fsp3) is 0.538. The average Bonchev–Trinajstić information content (AvgIpc) is 2.29. The summed E-state index contributed by atoms with van der Waals surface area (Å²) in [5, 5.41) is 4.97. The molecule has 1 nitrogen and oxygen atoms in total. The van der Waals surface area contributed by atoms with Crippen LogP contribution in [0.2, 0.25) is 5.02 Å². The number of benzene rings is 1. The van der Waals surface area contributed by atoms with Crippen LogP contribution >= 0.6 is 23.4 Å². The molecule has 1 aromatic carbocycles. The van der Waals surface area contributed by atoms with Crippen LogP contribution in [0.1, 0.15) is 25.7 Å². The van der Waals surface area contributed by atoms with Crippen LogP contribution in [0.25, 0.3) is 0 Å². The van der Waals surface area contributed by atoms with Gasteiger partial charge in [0, 0.05) is 21.2 Å². The van der Waals surface area contributed by atoms with Crippen LogP contribution in [0.15, 0.2) is 29.2 Å². The molecule has 1 N–H and O–H groups in total. The van der Waals surface area contributed by atoms with Crippen LogP contribution in [0, 0.1) is 0 Å². The lowest BCUT2D eigenvalue weighted by molar-refractivity contribution is 0.402. The van der Waals surface area contributed by atoms with Crippen LogP contribution in [0.4, 0.5) is 0 Å². The Bertz CT molecular complexity index is 342. The standard InChI is InChI=1S/C13H18ClNS/c1-15-11-5-3-7-13(9-11)16-12-6-2-4-10(14)8-12/h2,4,6,8,11,13,15H,3,5,7,9H2,1H3. The molecule has 1 aromatic rings. The van der Waals surface area contributed by atoms with E-state index in [1.165, 1.54) is 30.6 Å². The van der Waals surface area contributed by atoms with E-state index >= 15 is 0 Å². The highest BCUT2D eigenvalue weighted by atomic mass is 35.5. The molecule has 0 amide bonds. The first-order valence-electron chi connectivity index (χ1n) is 5.87. The molecule has 2 unspecified atom stereocenters. The summed E-state index contributed by atoms with van der Waals surface area (Å²) in [6, 6.07) is 8.88. The summed E-state index contributed by atoms with van der Waals surface area (Å²) < 4.78 is 0. The number of halogens is 1. The van der Waals surface area contributed by atoms with Gasteiger partial charge in [-0.1, -0.05) is 24.1 Å². The lowest BCUT2D eigenvalue weighted by Crippen LogP contribution is -2.32. The van der Waals surface area contributed by atoms with Crippen molar-refractivity contribution in [1.29, 1.82) is 0 Å². The molecule has 1 aliphatic rings. The molecule has 2 rings (SSSR count). The Morgan fingerprint density at radius 3 is 3.00 bits per heavy atom. The van der Waals surface area contributed by atoms with E-state index in [-0.39, 0.29) is 0 Å². The maximum Gasteiger partial charge on any atom is 0.0417 e. The van der Waals surface area contributed by atoms with Gasteiger partial charge in [0.1, 0.15) is 0 Å². The van der Waals surface area contributed by atoms with Crippen LogP contribution < -0.4 is 5.32 Å². The molecule has 0 saturated heterocycles. The predicted octanol–water partition coefficient (Wildman–Crippen LogP) is 3.96. The van der Waals surface area contributed by atoms with E-state index < -0.39 is 0 Å². The second-order valence-corrected chi connectivity index (χ2v) is 6.16. The van der Waals surface area contributed by atoms with Gasteiger partial charge in [0.05, 0.1) is 0 Å². The van der Waals surface area contributed by atoms with Gasteiger partial charge in [-0.25, -0.2) is 0 Å². The zero-order valence-corrected chi connectivity index (χ0v) is 11.2. The van der Waals surface area contributed by atoms with Gasteiger partial charge in [0.15, 0.2) is 0 Å². The van der Waals surface area contributed by atoms with Crippen molar-refractivity contribution in [2.75, 3.05) is 7.05 Å². The Balaban J connectivity index is 1.94. The first-order valence-corrected chi connectivity index (χ1v) is 7.13. The van der Waals surface area contributed by atoms with Gasteiger partial charge in [-0.05, 0) is 44.5 Å². The largest absolute Gasteiger partial charge is 0.317 e. The molecule has 0 aromatic heterocycles. The second kappa shape index (κ2) is 5.95. The van der Waals surface area contributed by atoms with Gasteiger partial charge in [0.25, 0.3) is 0 Å². The molecule has 2 atom stereocenters. The number of thioether (sulfide) groups is 1. The molecular formula is C13H18ClNS. The van der Waals surface area contributed by atoms with Gasteiger partial charge in [-0.3, -0.25) is 0 Å². The minimum absolute atomic E-state index is 0.699. The average molecular weight is 256 g/mol. The van der Waals surface area contributed by atoms with Crippen LogP contribution in [0.5, 0.6) is 0 Å². The highest BCUT2D eigenvalue weighted by molar-refractivity contribution is 8.00. The molecule has 0 spiro atoms. The van der Waals surface area contributed by atoms with Gasteiger partial charge in [0.2, 0.25) is 0 Å². The molecule has 1 aliphatic carbocycles. The fourth-order valence-corrected chi connectivity index (χ4v) is 3.85. The van der Waals surface area contributed by atoms with Crippen molar-refractivity contribution in [3.63, 3.8) is 0 Å². The summed E-state index contributed by atoms with van der Waals surface area (Å²) in [6.45, 7) is 0. The van der Waals surface area contributed by atoms with Crippen molar-refractivity contribution in [3.8, 4) is 0 Å². The van der Waals surface area contributed by atoms with Gasteiger partial charge in [-0.15, -0.1) is 11.8 Å². The highest BCUT2D eigenvalue weighted by Crippen LogP contribution is 2.34. The summed E-state index contributed by atoms with van der Waals surface area (Å²) in [5.41, 5.74) is 0. The van der Waals surface area contributed by atoms with E-state index in [9.17, 15) is 0 Å². The summed E-state index contributed by atoms with van der Waals surface area (Å²) in [7, 11) is 2.07. The molecule has 0 radical (unpaired) electrons. The van der Waals surface area contributed by atoms with Gasteiger partial charge >= 0.3 is 0 Å². The number of hydrogen-bond acceptors (Lipinski definition) is 2. The van der Waals surface area contributed by atoms with Crippen molar-refractivity contribution in [2.45, 2.75) is 41.9 Å². The SMILES string of the molecule is CNC1CCCC(Sc2cccc(Cl)c2)C1. The third kappa shape index (κ3) is 3.41. The first-order chi connectivity index (χ1) is 7.78. The molecule has 1 fully saturated rings. The highest BCUT2D eigenvalue weighted by Gasteiger charge is 2.21. The van der Waals surface area contributed by atoms with Crippen LogP contribution in [-0.2, 0) is 0 Å². The van der Waals surface area contributed by atoms with Crippen molar-refractivity contribution in [1.82, 2.24) is 5.32 Å². The van der Waals surface area contributed by atoms with E-state index in [1.54, 1.807) is 0 Å². The monoisotopic (exact) mass is 255 g/mol. The van der Waals surface area contributed by atoms with Gasteiger partial charge in [-0.2, -0.15) is 0 Å². The summed E-state index contributed by atoms with van der Waals surface area (Å²) in [5.74, 6) is 0. The molecule has 88 valence electrons. The molecule has 16 heavy (non-hydrogen) atoms. The van der Waals surface area contributed by atoms with Crippen molar-refractivity contribution in [2.24, 2.45) is 0 Å². The van der Waals surface area contributed by atoms with E-state index in [2.05, 4.69) is 24.5 Å². The van der Waals surface area contributed by atoms with E-state index in [0.29, 0.717) is 6.04 Å². The van der Waals surface area contributed by atoms with Crippen LogP contribution in [0.3, 0.4) is 0 Å².